The van der Waals surface area contributed by atoms with Gasteiger partial charge in [0.2, 0.25) is 0 Å². The molecule has 0 aliphatic carbocycles. The van der Waals surface area contributed by atoms with Crippen molar-refractivity contribution in [2.75, 3.05) is 19.0 Å². The molecule has 186 valence electrons. The smallest absolute Gasteiger partial charge is 0.185 e. The van der Waals surface area contributed by atoms with Gasteiger partial charge in [-0.1, -0.05) is 71.4 Å². The van der Waals surface area contributed by atoms with Gasteiger partial charge in [0, 0.05) is 10.5 Å². The molecule has 0 unspecified atom stereocenters. The van der Waals surface area contributed by atoms with E-state index in [1.165, 1.54) is 43.4 Å². The molecule has 0 aliphatic rings. The number of ether oxygens (including phenoxy) is 2. The van der Waals surface area contributed by atoms with Crippen LogP contribution in [0.1, 0.15) is 94.5 Å². The van der Waals surface area contributed by atoms with Crippen molar-refractivity contribution in [3.8, 4) is 11.5 Å². The van der Waals surface area contributed by atoms with E-state index in [0.29, 0.717) is 18.8 Å². The topological polar surface area (TPSA) is 35.5 Å². The summed E-state index contributed by atoms with van der Waals surface area (Å²) in [7, 11) is 0. The fraction of sp³-hybridized carbons (Fsp3) is 0.500. The van der Waals surface area contributed by atoms with E-state index in [2.05, 4.69) is 20.8 Å². The third-order valence-electron chi connectivity index (χ3n) is 5.52. The number of rotatable bonds is 18. The third kappa shape index (κ3) is 10.8. The lowest BCUT2D eigenvalue weighted by atomic mass is 10.1. The van der Waals surface area contributed by atoms with Crippen molar-refractivity contribution >= 4 is 23.6 Å². The van der Waals surface area contributed by atoms with Crippen molar-refractivity contribution < 1.29 is 14.3 Å². The first-order valence-electron chi connectivity index (χ1n) is 13.0. The van der Waals surface area contributed by atoms with Gasteiger partial charge in [0.1, 0.15) is 0 Å². The summed E-state index contributed by atoms with van der Waals surface area (Å²) in [5, 5.41) is 0. The average Bonchev–Trinajstić information content (AvgIpc) is 2.87. The molecule has 0 amide bonds. The Kier molecular flexibility index (Phi) is 14.2. The summed E-state index contributed by atoms with van der Waals surface area (Å²) < 4.78 is 12.1. The second-order valence-corrected chi connectivity index (χ2v) is 9.76. The first kappa shape index (κ1) is 28.0. The molecule has 3 nitrogen and oxygen atoms in total. The zero-order valence-electron chi connectivity index (χ0n) is 21.3. The summed E-state index contributed by atoms with van der Waals surface area (Å²) in [6.07, 6.45) is 14.0. The van der Waals surface area contributed by atoms with Gasteiger partial charge in [0.15, 0.2) is 17.3 Å². The van der Waals surface area contributed by atoms with Crippen molar-refractivity contribution in [3.05, 3.63) is 59.7 Å². The number of allylic oxidation sites excluding steroid dienone is 1. The molecule has 0 atom stereocenters. The highest BCUT2D eigenvalue weighted by Gasteiger charge is 2.08. The molecule has 2 aromatic carbocycles. The molecule has 0 saturated carbocycles. The Morgan fingerprint density at radius 3 is 2.03 bits per heavy atom. The van der Waals surface area contributed by atoms with Crippen LogP contribution in [-0.2, 0) is 0 Å². The molecular formula is C30H42O3S. The zero-order chi connectivity index (χ0) is 24.4. The number of hydrogen-bond donors (Lipinski definition) is 0. The first-order chi connectivity index (χ1) is 16.7. The lowest BCUT2D eigenvalue weighted by Gasteiger charge is -2.14. The number of ketones is 1. The minimum atomic E-state index is 0.00493. The molecule has 0 spiro atoms. The van der Waals surface area contributed by atoms with Crippen molar-refractivity contribution in [3.63, 3.8) is 0 Å². The van der Waals surface area contributed by atoms with Crippen LogP contribution < -0.4 is 9.47 Å². The number of carbonyl (C=O) groups is 1. The van der Waals surface area contributed by atoms with Crippen LogP contribution in [-0.4, -0.2) is 24.7 Å². The van der Waals surface area contributed by atoms with Crippen LogP contribution in [0.3, 0.4) is 0 Å². The van der Waals surface area contributed by atoms with Crippen LogP contribution in [0.2, 0.25) is 0 Å². The average molecular weight is 483 g/mol. The van der Waals surface area contributed by atoms with Gasteiger partial charge in [-0.15, -0.1) is 11.8 Å². The fourth-order valence-corrected chi connectivity index (χ4v) is 4.25. The summed E-state index contributed by atoms with van der Waals surface area (Å²) in [5.74, 6) is 2.65. The standard InChI is InChI=1S/C30H42O3S/c1-4-7-9-11-21-32-29-20-14-25(24-30(29)33-22-12-10-8-5-2)13-19-28(31)26-15-17-27(18-16-26)34-23-6-3/h13-20,24H,4-12,21-23H2,1-3H3/b19-13+. The molecule has 0 heterocycles. The van der Waals surface area contributed by atoms with Crippen molar-refractivity contribution in [1.29, 1.82) is 0 Å². The molecule has 0 fully saturated rings. The summed E-state index contributed by atoms with van der Waals surface area (Å²) >= 11 is 1.82. The van der Waals surface area contributed by atoms with E-state index < -0.39 is 0 Å². The Morgan fingerprint density at radius 1 is 0.765 bits per heavy atom. The van der Waals surface area contributed by atoms with Crippen LogP contribution in [0, 0.1) is 0 Å². The predicted molar refractivity (Wildman–Crippen MR) is 147 cm³/mol. The molecule has 0 aliphatic heterocycles. The van der Waals surface area contributed by atoms with Crippen molar-refractivity contribution in [1.82, 2.24) is 0 Å². The molecule has 4 heteroatoms. The molecule has 2 rings (SSSR count). The van der Waals surface area contributed by atoms with Gasteiger partial charge in [0.25, 0.3) is 0 Å². The molecular weight excluding hydrogens is 440 g/mol. The molecule has 0 aromatic heterocycles. The van der Waals surface area contributed by atoms with Gasteiger partial charge in [-0.25, -0.2) is 0 Å². The molecule has 0 bridgehead atoms. The summed E-state index contributed by atoms with van der Waals surface area (Å²) in [6, 6.07) is 13.8. The van der Waals surface area contributed by atoms with Gasteiger partial charge in [-0.05, 0) is 73.1 Å². The zero-order valence-corrected chi connectivity index (χ0v) is 22.1. The lowest BCUT2D eigenvalue weighted by molar-refractivity contribution is 0.104. The van der Waals surface area contributed by atoms with E-state index in [9.17, 15) is 4.79 Å². The van der Waals surface area contributed by atoms with E-state index in [1.54, 1.807) is 6.08 Å². The van der Waals surface area contributed by atoms with Crippen LogP contribution in [0.5, 0.6) is 11.5 Å². The van der Waals surface area contributed by atoms with Gasteiger partial charge < -0.3 is 9.47 Å². The fourth-order valence-electron chi connectivity index (χ4n) is 3.49. The molecule has 0 N–H and O–H groups in total. The van der Waals surface area contributed by atoms with E-state index in [1.807, 2.05) is 60.3 Å². The SMILES string of the molecule is CCCCCCOc1ccc(/C=C/C(=O)c2ccc(SCCC)cc2)cc1OCCCCCC. The minimum absolute atomic E-state index is 0.00493. The quantitative estimate of drug-likeness (QED) is 0.0919. The van der Waals surface area contributed by atoms with Gasteiger partial charge in [-0.2, -0.15) is 0 Å². The monoisotopic (exact) mass is 482 g/mol. The number of hydrogen-bond acceptors (Lipinski definition) is 4. The Morgan fingerprint density at radius 2 is 1.41 bits per heavy atom. The Balaban J connectivity index is 2.02. The van der Waals surface area contributed by atoms with Gasteiger partial charge >= 0.3 is 0 Å². The summed E-state index contributed by atoms with van der Waals surface area (Å²) in [4.78, 5) is 13.8. The van der Waals surface area contributed by atoms with E-state index in [-0.39, 0.29) is 5.78 Å². The maximum Gasteiger partial charge on any atom is 0.185 e. The van der Waals surface area contributed by atoms with Gasteiger partial charge in [-0.3, -0.25) is 4.79 Å². The number of benzene rings is 2. The maximum absolute atomic E-state index is 12.6. The van der Waals surface area contributed by atoms with E-state index in [0.717, 1.165) is 42.1 Å². The van der Waals surface area contributed by atoms with Crippen molar-refractivity contribution in [2.45, 2.75) is 83.5 Å². The summed E-state index contributed by atoms with van der Waals surface area (Å²) in [6.45, 7) is 7.98. The highest BCUT2D eigenvalue weighted by atomic mass is 32.2. The molecule has 34 heavy (non-hydrogen) atoms. The number of carbonyl (C=O) groups excluding carboxylic acids is 1. The molecule has 2 aromatic rings. The lowest BCUT2D eigenvalue weighted by Crippen LogP contribution is -2.03. The second kappa shape index (κ2) is 17.3. The first-order valence-corrected chi connectivity index (χ1v) is 14.0. The summed E-state index contributed by atoms with van der Waals surface area (Å²) in [5.41, 5.74) is 1.64. The minimum Gasteiger partial charge on any atom is -0.490 e. The second-order valence-electron chi connectivity index (χ2n) is 8.59. The van der Waals surface area contributed by atoms with Crippen LogP contribution >= 0.6 is 11.8 Å². The Hall–Kier alpha value is -2.20. The maximum atomic E-state index is 12.6. The van der Waals surface area contributed by atoms with Crippen LogP contribution in [0.25, 0.3) is 6.08 Å². The highest BCUT2D eigenvalue weighted by Crippen LogP contribution is 2.30. The highest BCUT2D eigenvalue weighted by molar-refractivity contribution is 7.99. The Bertz CT molecular complexity index is 858. The van der Waals surface area contributed by atoms with Crippen LogP contribution in [0.15, 0.2) is 53.4 Å². The van der Waals surface area contributed by atoms with E-state index >= 15 is 0 Å². The predicted octanol–water partition coefficient (Wildman–Crippen LogP) is 9.00. The molecule has 0 radical (unpaired) electrons. The normalized spacial score (nSPS) is 11.1. The number of unbranched alkanes of at least 4 members (excludes halogenated alkanes) is 6. The third-order valence-corrected chi connectivity index (χ3v) is 6.74. The van der Waals surface area contributed by atoms with Crippen LogP contribution in [0.4, 0.5) is 0 Å². The van der Waals surface area contributed by atoms with Crippen molar-refractivity contribution in [2.24, 2.45) is 0 Å². The largest absolute Gasteiger partial charge is 0.490 e. The molecule has 0 saturated heterocycles. The Labute approximate surface area is 211 Å². The van der Waals surface area contributed by atoms with E-state index in [4.69, 9.17) is 9.47 Å². The number of thioether (sulfide) groups is 1. The van der Waals surface area contributed by atoms with Gasteiger partial charge in [0.05, 0.1) is 13.2 Å².